The zero-order valence-electron chi connectivity index (χ0n) is 13.6. The Balaban J connectivity index is 1.98. The molecule has 1 saturated carbocycles. The summed E-state index contributed by atoms with van der Waals surface area (Å²) < 4.78 is 5.63. The van der Waals surface area contributed by atoms with Crippen molar-refractivity contribution in [3.8, 4) is 5.75 Å². The fourth-order valence-corrected chi connectivity index (χ4v) is 2.97. The Morgan fingerprint density at radius 2 is 2.00 bits per heavy atom. The molecular weight excluding hydrogens is 294 g/mol. The van der Waals surface area contributed by atoms with Crippen LogP contribution in [-0.4, -0.2) is 23.6 Å². The molecule has 2 unspecified atom stereocenters. The van der Waals surface area contributed by atoms with Crippen LogP contribution in [0.5, 0.6) is 5.75 Å². The van der Waals surface area contributed by atoms with Gasteiger partial charge in [-0.2, -0.15) is 0 Å². The minimum atomic E-state index is -0.874. The van der Waals surface area contributed by atoms with Gasteiger partial charge >= 0.3 is 5.97 Å². The highest BCUT2D eigenvalue weighted by atomic mass is 16.5. The maximum Gasteiger partial charge on any atom is 0.307 e. The number of hydrogen-bond acceptors (Lipinski definition) is 3. The van der Waals surface area contributed by atoms with Crippen LogP contribution in [0.15, 0.2) is 24.3 Å². The molecular formula is C18H25NO4. The highest BCUT2D eigenvalue weighted by molar-refractivity contribution is 5.95. The average molecular weight is 319 g/mol. The number of benzene rings is 1. The Morgan fingerprint density at radius 1 is 1.26 bits per heavy atom. The Morgan fingerprint density at radius 3 is 2.70 bits per heavy atom. The fraction of sp³-hybridized carbons (Fsp3) is 0.556. The highest BCUT2D eigenvalue weighted by Gasteiger charge is 2.35. The Labute approximate surface area is 137 Å². The predicted octanol–water partition coefficient (Wildman–Crippen LogP) is 3.70. The lowest BCUT2D eigenvalue weighted by atomic mass is 9.78. The lowest BCUT2D eigenvalue weighted by Gasteiger charge is -2.27. The first kappa shape index (κ1) is 17.3. The van der Waals surface area contributed by atoms with E-state index in [0.29, 0.717) is 25.1 Å². The van der Waals surface area contributed by atoms with E-state index in [9.17, 15) is 14.7 Å². The Hall–Kier alpha value is -2.04. The van der Waals surface area contributed by atoms with Gasteiger partial charge in [-0.05, 0) is 31.4 Å². The normalized spacial score (nSPS) is 20.7. The van der Waals surface area contributed by atoms with Crippen LogP contribution in [0, 0.1) is 11.8 Å². The van der Waals surface area contributed by atoms with Crippen LogP contribution in [0.3, 0.4) is 0 Å². The number of nitrogens with one attached hydrogen (secondary N) is 1. The number of carboxylic acids is 1. The van der Waals surface area contributed by atoms with E-state index in [1.54, 1.807) is 12.1 Å². The van der Waals surface area contributed by atoms with Gasteiger partial charge in [-0.1, -0.05) is 32.3 Å². The van der Waals surface area contributed by atoms with Crippen molar-refractivity contribution < 1.29 is 19.4 Å². The molecule has 2 atom stereocenters. The van der Waals surface area contributed by atoms with Crippen molar-refractivity contribution in [2.45, 2.75) is 45.4 Å². The summed E-state index contributed by atoms with van der Waals surface area (Å²) in [5, 5.41) is 12.1. The summed E-state index contributed by atoms with van der Waals surface area (Å²) in [5.41, 5.74) is 0.652. The Bertz CT molecular complexity index is 544. The molecule has 1 amide bonds. The van der Waals surface area contributed by atoms with E-state index in [-0.39, 0.29) is 5.91 Å². The smallest absolute Gasteiger partial charge is 0.307 e. The average Bonchev–Trinajstić information content (AvgIpc) is 2.55. The van der Waals surface area contributed by atoms with Gasteiger partial charge in [0.2, 0.25) is 5.91 Å². The number of carboxylic acid groups (broad SMARTS) is 1. The first-order valence-corrected chi connectivity index (χ1v) is 8.38. The van der Waals surface area contributed by atoms with Crippen LogP contribution < -0.4 is 10.1 Å². The molecule has 0 saturated heterocycles. The summed E-state index contributed by atoms with van der Waals surface area (Å²) >= 11 is 0. The molecule has 1 aliphatic rings. The van der Waals surface area contributed by atoms with Crippen molar-refractivity contribution in [3.63, 3.8) is 0 Å². The standard InChI is InChI=1S/C18H25NO4/c1-2-3-11-23-14-8-6-7-13(12-14)19-17(20)15-9-4-5-10-16(15)18(21)22/h6-8,12,15-16H,2-5,9-11H2,1H3,(H,19,20)(H,21,22). The quantitative estimate of drug-likeness (QED) is 0.751. The molecule has 1 aromatic rings. The molecule has 0 spiro atoms. The molecule has 1 fully saturated rings. The molecule has 126 valence electrons. The van der Waals surface area contributed by atoms with Crippen LogP contribution in [0.25, 0.3) is 0 Å². The molecule has 0 heterocycles. The molecule has 1 aliphatic carbocycles. The van der Waals surface area contributed by atoms with E-state index in [4.69, 9.17) is 4.74 Å². The third-order valence-corrected chi connectivity index (χ3v) is 4.29. The molecule has 0 radical (unpaired) electrons. The molecule has 0 bridgehead atoms. The van der Waals surface area contributed by atoms with Gasteiger partial charge in [-0.15, -0.1) is 0 Å². The molecule has 23 heavy (non-hydrogen) atoms. The van der Waals surface area contributed by atoms with Crippen LogP contribution in [0.2, 0.25) is 0 Å². The predicted molar refractivity (Wildman–Crippen MR) is 88.6 cm³/mol. The summed E-state index contributed by atoms with van der Waals surface area (Å²) in [4.78, 5) is 23.8. The van der Waals surface area contributed by atoms with Crippen molar-refractivity contribution in [2.75, 3.05) is 11.9 Å². The second-order valence-electron chi connectivity index (χ2n) is 6.05. The highest BCUT2D eigenvalue weighted by Crippen LogP contribution is 2.31. The number of anilines is 1. The molecule has 5 nitrogen and oxygen atoms in total. The van der Waals surface area contributed by atoms with Crippen LogP contribution >= 0.6 is 0 Å². The number of rotatable bonds is 7. The van der Waals surface area contributed by atoms with Gasteiger partial charge in [0.05, 0.1) is 18.4 Å². The maximum atomic E-state index is 12.4. The topological polar surface area (TPSA) is 75.6 Å². The summed E-state index contributed by atoms with van der Waals surface area (Å²) in [6.07, 6.45) is 5.04. The molecule has 1 aromatic carbocycles. The largest absolute Gasteiger partial charge is 0.494 e. The van der Waals surface area contributed by atoms with Crippen molar-refractivity contribution in [2.24, 2.45) is 11.8 Å². The first-order valence-electron chi connectivity index (χ1n) is 8.38. The van der Waals surface area contributed by atoms with Gasteiger partial charge in [-0.3, -0.25) is 9.59 Å². The first-order chi connectivity index (χ1) is 11.1. The van der Waals surface area contributed by atoms with E-state index in [0.717, 1.165) is 31.4 Å². The Kier molecular flexibility index (Phi) is 6.44. The van der Waals surface area contributed by atoms with E-state index >= 15 is 0 Å². The van der Waals surface area contributed by atoms with Crippen LogP contribution in [0.1, 0.15) is 45.4 Å². The number of hydrogen-bond donors (Lipinski definition) is 2. The van der Waals surface area contributed by atoms with Crippen molar-refractivity contribution >= 4 is 17.6 Å². The number of carbonyl (C=O) groups is 2. The molecule has 0 aromatic heterocycles. The van der Waals surface area contributed by atoms with Crippen molar-refractivity contribution in [3.05, 3.63) is 24.3 Å². The summed E-state index contributed by atoms with van der Waals surface area (Å²) in [7, 11) is 0. The number of aliphatic carboxylic acids is 1. The zero-order valence-corrected chi connectivity index (χ0v) is 13.6. The second-order valence-corrected chi connectivity index (χ2v) is 6.05. The number of ether oxygens (including phenoxy) is 1. The van der Waals surface area contributed by atoms with E-state index in [1.807, 2.05) is 12.1 Å². The second kappa shape index (κ2) is 8.56. The third-order valence-electron chi connectivity index (χ3n) is 4.29. The number of amides is 1. The van der Waals surface area contributed by atoms with Crippen molar-refractivity contribution in [1.82, 2.24) is 0 Å². The van der Waals surface area contributed by atoms with Crippen LogP contribution in [-0.2, 0) is 9.59 Å². The monoisotopic (exact) mass is 319 g/mol. The number of unbranched alkanes of at least 4 members (excludes halogenated alkanes) is 1. The number of carbonyl (C=O) groups excluding carboxylic acids is 1. The van der Waals surface area contributed by atoms with E-state index < -0.39 is 17.8 Å². The van der Waals surface area contributed by atoms with E-state index in [2.05, 4.69) is 12.2 Å². The van der Waals surface area contributed by atoms with Crippen molar-refractivity contribution in [1.29, 1.82) is 0 Å². The van der Waals surface area contributed by atoms with Gasteiger partial charge in [0.25, 0.3) is 0 Å². The maximum absolute atomic E-state index is 12.4. The van der Waals surface area contributed by atoms with Gasteiger partial charge in [0.15, 0.2) is 0 Å². The molecule has 2 N–H and O–H groups in total. The SMILES string of the molecule is CCCCOc1cccc(NC(=O)C2CCCCC2C(=O)O)c1. The summed E-state index contributed by atoms with van der Waals surface area (Å²) in [6, 6.07) is 7.26. The molecule has 5 heteroatoms. The van der Waals surface area contributed by atoms with Gasteiger partial charge < -0.3 is 15.2 Å². The van der Waals surface area contributed by atoms with Gasteiger partial charge in [0, 0.05) is 11.8 Å². The fourth-order valence-electron chi connectivity index (χ4n) is 2.97. The van der Waals surface area contributed by atoms with Gasteiger partial charge in [0.1, 0.15) is 5.75 Å². The summed E-state index contributed by atoms with van der Waals surface area (Å²) in [5.74, 6) is -1.39. The minimum absolute atomic E-state index is 0.206. The van der Waals surface area contributed by atoms with Crippen LogP contribution in [0.4, 0.5) is 5.69 Å². The summed E-state index contributed by atoms with van der Waals surface area (Å²) in [6.45, 7) is 2.75. The third kappa shape index (κ3) is 4.98. The lowest BCUT2D eigenvalue weighted by molar-refractivity contribution is -0.147. The van der Waals surface area contributed by atoms with E-state index in [1.165, 1.54) is 0 Å². The minimum Gasteiger partial charge on any atom is -0.494 e. The molecule has 2 rings (SSSR count). The zero-order chi connectivity index (χ0) is 16.7. The lowest BCUT2D eigenvalue weighted by Crippen LogP contribution is -2.36. The molecule has 0 aliphatic heterocycles. The van der Waals surface area contributed by atoms with Gasteiger partial charge in [-0.25, -0.2) is 0 Å².